The molecule has 5 heteroatoms. The minimum Gasteiger partial charge on any atom is -0.385 e. The molecule has 0 aliphatic heterocycles. The van der Waals surface area contributed by atoms with Crippen molar-refractivity contribution in [3.8, 4) is 0 Å². The van der Waals surface area contributed by atoms with Gasteiger partial charge in [0, 0.05) is 25.5 Å². The molecule has 0 N–H and O–H groups in total. The lowest BCUT2D eigenvalue weighted by Gasteiger charge is -2.01. The Labute approximate surface area is 93.2 Å². The van der Waals surface area contributed by atoms with Gasteiger partial charge in [-0.3, -0.25) is 0 Å². The zero-order valence-electron chi connectivity index (χ0n) is 8.29. The lowest BCUT2D eigenvalue weighted by atomic mass is 10.5. The molecule has 0 aliphatic rings. The van der Waals surface area contributed by atoms with Crippen LogP contribution >= 0.6 is 23.4 Å². The molecule has 0 spiro atoms. The summed E-state index contributed by atoms with van der Waals surface area (Å²) in [6.45, 7) is 2.62. The minimum absolute atomic E-state index is 0.506. The SMILES string of the molecule is COCCCSc1cc(Cl)nc(C)n1. The predicted molar refractivity (Wildman–Crippen MR) is 59.0 cm³/mol. The van der Waals surface area contributed by atoms with E-state index >= 15 is 0 Å². The number of hydrogen-bond donors (Lipinski definition) is 0. The minimum atomic E-state index is 0.506. The second-order valence-electron chi connectivity index (χ2n) is 2.77. The van der Waals surface area contributed by atoms with Gasteiger partial charge in [0.1, 0.15) is 16.0 Å². The average Bonchev–Trinajstić information content (AvgIpc) is 2.11. The summed E-state index contributed by atoms with van der Waals surface area (Å²) >= 11 is 7.47. The first-order valence-corrected chi connectivity index (χ1v) is 5.71. The molecular formula is C9H13ClN2OS. The van der Waals surface area contributed by atoms with Crippen LogP contribution in [0.4, 0.5) is 0 Å². The molecule has 0 unspecified atom stereocenters. The topological polar surface area (TPSA) is 35.0 Å². The third kappa shape index (κ3) is 4.26. The lowest BCUT2D eigenvalue weighted by molar-refractivity contribution is 0.200. The maximum absolute atomic E-state index is 5.80. The predicted octanol–water partition coefficient (Wildman–Crippen LogP) is 2.57. The van der Waals surface area contributed by atoms with E-state index in [9.17, 15) is 0 Å². The molecule has 3 nitrogen and oxygen atoms in total. The third-order valence-corrected chi connectivity index (χ3v) is 2.72. The highest BCUT2D eigenvalue weighted by Crippen LogP contribution is 2.19. The second kappa shape index (κ2) is 6.22. The number of ether oxygens (including phenoxy) is 1. The normalized spacial score (nSPS) is 10.5. The molecule has 0 fully saturated rings. The van der Waals surface area contributed by atoms with Gasteiger partial charge in [-0.1, -0.05) is 11.6 Å². The van der Waals surface area contributed by atoms with Crippen molar-refractivity contribution < 1.29 is 4.74 Å². The van der Waals surface area contributed by atoms with Crippen molar-refractivity contribution in [2.75, 3.05) is 19.5 Å². The second-order valence-corrected chi connectivity index (χ2v) is 4.27. The maximum atomic E-state index is 5.80. The van der Waals surface area contributed by atoms with Crippen LogP contribution < -0.4 is 0 Å². The van der Waals surface area contributed by atoms with E-state index in [0.29, 0.717) is 11.0 Å². The van der Waals surface area contributed by atoms with E-state index in [1.807, 2.05) is 6.92 Å². The van der Waals surface area contributed by atoms with Crippen molar-refractivity contribution in [2.24, 2.45) is 0 Å². The molecule has 0 radical (unpaired) electrons. The van der Waals surface area contributed by atoms with E-state index in [1.54, 1.807) is 24.9 Å². The highest BCUT2D eigenvalue weighted by atomic mass is 35.5. The van der Waals surface area contributed by atoms with Crippen LogP contribution in [0.2, 0.25) is 5.15 Å². The molecule has 1 aromatic heterocycles. The summed E-state index contributed by atoms with van der Waals surface area (Å²) in [5.74, 6) is 1.70. The number of methoxy groups -OCH3 is 1. The van der Waals surface area contributed by atoms with Gasteiger partial charge in [-0.25, -0.2) is 9.97 Å². The summed E-state index contributed by atoms with van der Waals surface area (Å²) in [5.41, 5.74) is 0. The molecule has 0 saturated carbocycles. The fraction of sp³-hybridized carbons (Fsp3) is 0.556. The largest absolute Gasteiger partial charge is 0.385 e. The average molecular weight is 233 g/mol. The number of rotatable bonds is 5. The van der Waals surface area contributed by atoms with E-state index < -0.39 is 0 Å². The van der Waals surface area contributed by atoms with Crippen molar-refractivity contribution >= 4 is 23.4 Å². The molecule has 1 rings (SSSR count). The van der Waals surface area contributed by atoms with Gasteiger partial charge < -0.3 is 4.74 Å². The van der Waals surface area contributed by atoms with Crippen LogP contribution in [0.15, 0.2) is 11.1 Å². The van der Waals surface area contributed by atoms with Crippen LogP contribution in [0, 0.1) is 6.92 Å². The van der Waals surface area contributed by atoms with Crippen LogP contribution in [-0.4, -0.2) is 29.4 Å². The fourth-order valence-electron chi connectivity index (χ4n) is 0.959. The number of nitrogens with zero attached hydrogens (tertiary/aromatic N) is 2. The first kappa shape index (κ1) is 11.8. The Morgan fingerprint density at radius 2 is 2.29 bits per heavy atom. The van der Waals surface area contributed by atoms with E-state index in [2.05, 4.69) is 9.97 Å². The molecule has 0 aromatic carbocycles. The number of hydrogen-bond acceptors (Lipinski definition) is 4. The molecule has 0 saturated heterocycles. The van der Waals surface area contributed by atoms with E-state index in [0.717, 1.165) is 23.8 Å². The highest BCUT2D eigenvalue weighted by molar-refractivity contribution is 7.99. The van der Waals surface area contributed by atoms with E-state index in [1.165, 1.54) is 0 Å². The standard InChI is InChI=1S/C9H13ClN2OS/c1-7-11-8(10)6-9(12-7)14-5-3-4-13-2/h6H,3-5H2,1-2H3. The highest BCUT2D eigenvalue weighted by Gasteiger charge is 2.00. The Morgan fingerprint density at radius 1 is 1.50 bits per heavy atom. The number of aryl methyl sites for hydroxylation is 1. The monoisotopic (exact) mass is 232 g/mol. The first-order valence-electron chi connectivity index (χ1n) is 4.35. The van der Waals surface area contributed by atoms with Crippen LogP contribution in [0.3, 0.4) is 0 Å². The van der Waals surface area contributed by atoms with Gasteiger partial charge in [0.15, 0.2) is 0 Å². The summed E-state index contributed by atoms with van der Waals surface area (Å²) in [4.78, 5) is 8.25. The van der Waals surface area contributed by atoms with Crippen molar-refractivity contribution in [1.82, 2.24) is 9.97 Å². The maximum Gasteiger partial charge on any atom is 0.133 e. The summed E-state index contributed by atoms with van der Waals surface area (Å²) < 4.78 is 4.96. The van der Waals surface area contributed by atoms with Gasteiger partial charge in [-0.05, 0) is 13.3 Å². The van der Waals surface area contributed by atoms with Crippen LogP contribution in [0.25, 0.3) is 0 Å². The Hall–Kier alpha value is -0.320. The van der Waals surface area contributed by atoms with Gasteiger partial charge in [-0.15, -0.1) is 11.8 Å². The molecule has 0 atom stereocenters. The Balaban J connectivity index is 2.42. The van der Waals surface area contributed by atoms with Crippen molar-refractivity contribution in [2.45, 2.75) is 18.4 Å². The van der Waals surface area contributed by atoms with Crippen LogP contribution in [0.1, 0.15) is 12.2 Å². The van der Waals surface area contributed by atoms with Crippen LogP contribution in [0.5, 0.6) is 0 Å². The number of thioether (sulfide) groups is 1. The summed E-state index contributed by atoms with van der Waals surface area (Å²) in [6, 6.07) is 1.78. The zero-order valence-corrected chi connectivity index (χ0v) is 9.86. The van der Waals surface area contributed by atoms with Gasteiger partial charge in [0.25, 0.3) is 0 Å². The molecule has 1 aromatic rings. The quantitative estimate of drug-likeness (QED) is 0.444. The number of aromatic nitrogens is 2. The van der Waals surface area contributed by atoms with Gasteiger partial charge >= 0.3 is 0 Å². The fourth-order valence-corrected chi connectivity index (χ4v) is 2.11. The third-order valence-electron chi connectivity index (χ3n) is 1.53. The molecular weight excluding hydrogens is 220 g/mol. The van der Waals surface area contributed by atoms with E-state index in [4.69, 9.17) is 16.3 Å². The van der Waals surface area contributed by atoms with E-state index in [-0.39, 0.29) is 0 Å². The Kier molecular flexibility index (Phi) is 5.22. The van der Waals surface area contributed by atoms with Gasteiger partial charge in [0.2, 0.25) is 0 Å². The van der Waals surface area contributed by atoms with Crippen LogP contribution in [-0.2, 0) is 4.74 Å². The number of halogens is 1. The molecule has 0 aliphatic carbocycles. The van der Waals surface area contributed by atoms with Crippen molar-refractivity contribution in [3.63, 3.8) is 0 Å². The van der Waals surface area contributed by atoms with Gasteiger partial charge in [-0.2, -0.15) is 0 Å². The Bertz CT molecular complexity index is 276. The lowest BCUT2D eigenvalue weighted by Crippen LogP contribution is -1.93. The van der Waals surface area contributed by atoms with Crippen molar-refractivity contribution in [3.05, 3.63) is 17.0 Å². The molecule has 14 heavy (non-hydrogen) atoms. The van der Waals surface area contributed by atoms with Crippen molar-refractivity contribution in [1.29, 1.82) is 0 Å². The molecule has 78 valence electrons. The summed E-state index contributed by atoms with van der Waals surface area (Å²) in [7, 11) is 1.70. The first-order chi connectivity index (χ1) is 6.72. The summed E-state index contributed by atoms with van der Waals surface area (Å²) in [5, 5.41) is 1.44. The van der Waals surface area contributed by atoms with Gasteiger partial charge in [0.05, 0.1) is 0 Å². The molecule has 1 heterocycles. The zero-order chi connectivity index (χ0) is 10.4. The smallest absolute Gasteiger partial charge is 0.133 e. The Morgan fingerprint density at radius 3 is 2.93 bits per heavy atom. The summed E-state index contributed by atoms with van der Waals surface area (Å²) in [6.07, 6.45) is 1.02. The molecule has 0 bridgehead atoms. The molecule has 0 amide bonds.